The molecule has 1 unspecified atom stereocenters. The molecule has 2 aromatic rings. The predicted molar refractivity (Wildman–Crippen MR) is 103 cm³/mol. The summed E-state index contributed by atoms with van der Waals surface area (Å²) in [6.45, 7) is 6.65. The Morgan fingerprint density at radius 2 is 1.67 bits per heavy atom. The highest BCUT2D eigenvalue weighted by atomic mass is 16.6. The number of carbonyl (C=O) groups is 2. The van der Waals surface area contributed by atoms with E-state index >= 15 is 0 Å². The van der Waals surface area contributed by atoms with E-state index in [4.69, 9.17) is 9.47 Å². The molecule has 2 amide bonds. The second-order valence-corrected chi connectivity index (χ2v) is 7.46. The molecule has 0 saturated heterocycles. The first-order valence-electron chi connectivity index (χ1n) is 8.92. The van der Waals surface area contributed by atoms with E-state index in [2.05, 4.69) is 31.4 Å². The highest BCUT2D eigenvalue weighted by Gasteiger charge is 2.24. The Bertz CT molecular complexity index is 842. The van der Waals surface area contributed by atoms with Crippen molar-refractivity contribution in [2.24, 2.45) is 0 Å². The average molecular weight is 368 g/mol. The number of fused-ring (bicyclic) bond motifs is 1. The van der Waals surface area contributed by atoms with Crippen molar-refractivity contribution in [1.82, 2.24) is 5.32 Å². The van der Waals surface area contributed by atoms with Crippen molar-refractivity contribution in [1.29, 1.82) is 0 Å². The van der Waals surface area contributed by atoms with Crippen LogP contribution in [0.25, 0.3) is 0 Å². The van der Waals surface area contributed by atoms with Gasteiger partial charge >= 0.3 is 11.8 Å². The van der Waals surface area contributed by atoms with Crippen molar-refractivity contribution in [3.05, 3.63) is 54.1 Å². The van der Waals surface area contributed by atoms with Gasteiger partial charge in [-0.1, -0.05) is 51.1 Å². The Morgan fingerprint density at radius 1 is 1.00 bits per heavy atom. The molecule has 1 heterocycles. The molecule has 2 aromatic carbocycles. The van der Waals surface area contributed by atoms with E-state index in [9.17, 15) is 9.59 Å². The molecular weight excluding hydrogens is 344 g/mol. The Morgan fingerprint density at radius 3 is 2.41 bits per heavy atom. The maximum atomic E-state index is 12.3. The fourth-order valence-electron chi connectivity index (χ4n) is 2.88. The molecule has 0 spiro atoms. The molecule has 0 bridgehead atoms. The van der Waals surface area contributed by atoms with Crippen LogP contribution in [-0.2, 0) is 15.0 Å². The van der Waals surface area contributed by atoms with Gasteiger partial charge in [0.15, 0.2) is 11.5 Å². The van der Waals surface area contributed by atoms with E-state index in [1.807, 2.05) is 36.4 Å². The van der Waals surface area contributed by atoms with Crippen LogP contribution in [0.2, 0.25) is 0 Å². The lowest BCUT2D eigenvalue weighted by Gasteiger charge is -2.26. The summed E-state index contributed by atoms with van der Waals surface area (Å²) >= 11 is 0. The summed E-state index contributed by atoms with van der Waals surface area (Å²) in [6.07, 6.45) is -0.349. The summed E-state index contributed by atoms with van der Waals surface area (Å²) in [5.41, 5.74) is 1.45. The van der Waals surface area contributed by atoms with Gasteiger partial charge in [0.25, 0.3) is 0 Å². The number of hydrogen-bond acceptors (Lipinski definition) is 4. The van der Waals surface area contributed by atoms with Crippen molar-refractivity contribution in [3.63, 3.8) is 0 Å². The number of ether oxygens (including phenoxy) is 2. The van der Waals surface area contributed by atoms with Crippen molar-refractivity contribution in [2.45, 2.75) is 32.3 Å². The molecule has 27 heavy (non-hydrogen) atoms. The van der Waals surface area contributed by atoms with Gasteiger partial charge in [0, 0.05) is 5.69 Å². The lowest BCUT2D eigenvalue weighted by molar-refractivity contribution is -0.136. The van der Waals surface area contributed by atoms with Crippen LogP contribution in [0, 0.1) is 0 Å². The number of hydrogen-bond donors (Lipinski definition) is 2. The number of benzene rings is 2. The molecule has 1 aliphatic heterocycles. The molecule has 2 N–H and O–H groups in total. The molecule has 1 atom stereocenters. The molecule has 0 fully saturated rings. The zero-order valence-corrected chi connectivity index (χ0v) is 15.7. The van der Waals surface area contributed by atoms with E-state index in [1.54, 1.807) is 12.1 Å². The zero-order valence-electron chi connectivity index (χ0n) is 15.7. The van der Waals surface area contributed by atoms with E-state index < -0.39 is 11.8 Å². The SMILES string of the molecule is CC(C)(C)c1ccccc1NC(=O)C(=O)NCC1COc2ccccc2O1. The molecule has 3 rings (SSSR count). The maximum Gasteiger partial charge on any atom is 0.313 e. The minimum absolute atomic E-state index is 0.152. The lowest BCUT2D eigenvalue weighted by atomic mass is 9.86. The third-order valence-corrected chi connectivity index (χ3v) is 4.25. The van der Waals surface area contributed by atoms with Gasteiger partial charge in [0.05, 0.1) is 6.54 Å². The monoisotopic (exact) mass is 368 g/mol. The maximum absolute atomic E-state index is 12.3. The van der Waals surface area contributed by atoms with E-state index in [0.717, 1.165) is 5.56 Å². The number of amides is 2. The third kappa shape index (κ3) is 4.58. The van der Waals surface area contributed by atoms with Crippen LogP contribution in [0.15, 0.2) is 48.5 Å². The second kappa shape index (κ2) is 7.70. The van der Waals surface area contributed by atoms with Gasteiger partial charge in [-0.25, -0.2) is 0 Å². The molecule has 1 aliphatic rings. The van der Waals surface area contributed by atoms with Gasteiger partial charge in [-0.15, -0.1) is 0 Å². The number of nitrogens with one attached hydrogen (secondary N) is 2. The van der Waals surface area contributed by atoms with Crippen LogP contribution in [0.1, 0.15) is 26.3 Å². The normalized spacial score (nSPS) is 15.7. The summed E-state index contributed by atoms with van der Waals surface area (Å²) in [6, 6.07) is 14.8. The van der Waals surface area contributed by atoms with Gasteiger partial charge in [0.2, 0.25) is 0 Å². The van der Waals surface area contributed by atoms with E-state index in [1.165, 1.54) is 0 Å². The smallest absolute Gasteiger partial charge is 0.313 e. The van der Waals surface area contributed by atoms with E-state index in [0.29, 0.717) is 23.8 Å². The predicted octanol–water partition coefficient (Wildman–Crippen LogP) is 2.88. The van der Waals surface area contributed by atoms with Crippen LogP contribution in [-0.4, -0.2) is 31.1 Å². The number of para-hydroxylation sites is 3. The first kappa shape index (κ1) is 18.8. The highest BCUT2D eigenvalue weighted by Crippen LogP contribution is 2.31. The molecular formula is C21H24N2O4. The van der Waals surface area contributed by atoms with Crippen molar-refractivity contribution in [2.75, 3.05) is 18.5 Å². The van der Waals surface area contributed by atoms with Gasteiger partial charge < -0.3 is 20.1 Å². The second-order valence-electron chi connectivity index (χ2n) is 7.46. The molecule has 142 valence electrons. The summed E-state index contributed by atoms with van der Waals surface area (Å²) in [5, 5.41) is 5.30. The fraction of sp³-hybridized carbons (Fsp3) is 0.333. The first-order valence-corrected chi connectivity index (χ1v) is 8.92. The van der Waals surface area contributed by atoms with Gasteiger partial charge in [-0.2, -0.15) is 0 Å². The molecule has 6 heteroatoms. The number of carbonyl (C=O) groups excluding carboxylic acids is 2. The number of rotatable bonds is 3. The first-order chi connectivity index (χ1) is 12.8. The molecule has 6 nitrogen and oxygen atoms in total. The zero-order chi connectivity index (χ0) is 19.4. The lowest BCUT2D eigenvalue weighted by Crippen LogP contribution is -2.44. The van der Waals surface area contributed by atoms with E-state index in [-0.39, 0.29) is 18.1 Å². The van der Waals surface area contributed by atoms with Crippen LogP contribution in [0.4, 0.5) is 5.69 Å². The Labute approximate surface area is 158 Å². The van der Waals surface area contributed by atoms with Crippen molar-refractivity contribution >= 4 is 17.5 Å². The topological polar surface area (TPSA) is 76.7 Å². The summed E-state index contributed by atoms with van der Waals surface area (Å²) < 4.78 is 11.4. The molecule has 0 radical (unpaired) electrons. The Balaban J connectivity index is 1.56. The van der Waals surface area contributed by atoms with Crippen LogP contribution in [0.5, 0.6) is 11.5 Å². The number of anilines is 1. The standard InChI is InChI=1S/C21H24N2O4/c1-21(2,3)15-8-4-5-9-16(15)23-20(25)19(24)22-12-14-13-26-17-10-6-7-11-18(17)27-14/h4-11,14H,12-13H2,1-3H3,(H,22,24)(H,23,25). The quantitative estimate of drug-likeness (QED) is 0.817. The largest absolute Gasteiger partial charge is 0.486 e. The minimum atomic E-state index is -0.707. The Hall–Kier alpha value is -3.02. The van der Waals surface area contributed by atoms with Crippen molar-refractivity contribution in [3.8, 4) is 11.5 Å². The van der Waals surface area contributed by atoms with Crippen LogP contribution >= 0.6 is 0 Å². The Kier molecular flexibility index (Phi) is 5.35. The molecule has 0 saturated carbocycles. The molecule has 0 aromatic heterocycles. The third-order valence-electron chi connectivity index (χ3n) is 4.25. The van der Waals surface area contributed by atoms with Gasteiger partial charge in [-0.3, -0.25) is 9.59 Å². The summed E-state index contributed by atoms with van der Waals surface area (Å²) in [4.78, 5) is 24.4. The van der Waals surface area contributed by atoms with Gasteiger partial charge in [-0.05, 0) is 29.2 Å². The van der Waals surface area contributed by atoms with Crippen molar-refractivity contribution < 1.29 is 19.1 Å². The van der Waals surface area contributed by atoms with Gasteiger partial charge in [0.1, 0.15) is 12.7 Å². The molecule has 0 aliphatic carbocycles. The minimum Gasteiger partial charge on any atom is -0.486 e. The average Bonchev–Trinajstić information content (AvgIpc) is 2.65. The fourth-order valence-corrected chi connectivity index (χ4v) is 2.88. The van der Waals surface area contributed by atoms with Crippen LogP contribution in [0.3, 0.4) is 0 Å². The summed E-state index contributed by atoms with van der Waals surface area (Å²) in [5.74, 6) is -0.104. The highest BCUT2D eigenvalue weighted by molar-refractivity contribution is 6.39. The van der Waals surface area contributed by atoms with Crippen LogP contribution < -0.4 is 20.1 Å². The summed E-state index contributed by atoms with van der Waals surface area (Å²) in [7, 11) is 0.